The molecule has 0 unspecified atom stereocenters. The van der Waals surface area contributed by atoms with Crippen LogP contribution in [0.15, 0.2) is 24.3 Å². The van der Waals surface area contributed by atoms with Crippen molar-refractivity contribution < 1.29 is 9.53 Å². The first kappa shape index (κ1) is 13.9. The number of nitrogens with one attached hydrogen (secondary N) is 1. The maximum Gasteiger partial charge on any atom is 0.176 e. The van der Waals surface area contributed by atoms with Gasteiger partial charge in [0.25, 0.3) is 0 Å². The minimum atomic E-state index is -0.204. The second-order valence-electron chi connectivity index (χ2n) is 4.79. The number of hydrogen-bond donors (Lipinski definition) is 1. The number of ether oxygens (including phenoxy) is 1. The number of carbonyl (C=O) groups excluding carboxylic acids is 1. The van der Waals surface area contributed by atoms with Crippen molar-refractivity contribution in [3.63, 3.8) is 0 Å². The lowest BCUT2D eigenvalue weighted by molar-refractivity contribution is 0.0232. The van der Waals surface area contributed by atoms with Crippen molar-refractivity contribution in [2.45, 2.75) is 25.9 Å². The third kappa shape index (κ3) is 4.29. The summed E-state index contributed by atoms with van der Waals surface area (Å²) in [5, 5.41) is 2.87. The minimum Gasteiger partial charge on any atom is -0.378 e. The van der Waals surface area contributed by atoms with E-state index in [0.29, 0.717) is 6.54 Å². The number of Topliss-reactive ketones (excluding diaryl/α,β-unsaturated/α-hetero) is 1. The Morgan fingerprint density at radius 2 is 2.12 bits per heavy atom. The number of benzene rings is 1. The normalized spacial score (nSPS) is 11.5. The first-order chi connectivity index (χ1) is 7.98. The van der Waals surface area contributed by atoms with E-state index in [4.69, 9.17) is 4.74 Å². The monoisotopic (exact) mass is 235 g/mol. The average molecular weight is 235 g/mol. The molecule has 0 saturated carbocycles. The molecule has 0 radical (unpaired) electrons. The van der Waals surface area contributed by atoms with Gasteiger partial charge < -0.3 is 10.1 Å². The van der Waals surface area contributed by atoms with Crippen molar-refractivity contribution in [2.24, 2.45) is 0 Å². The Morgan fingerprint density at radius 1 is 1.41 bits per heavy atom. The summed E-state index contributed by atoms with van der Waals surface area (Å²) in [6.45, 7) is 4.45. The van der Waals surface area contributed by atoms with Crippen LogP contribution in [0.2, 0.25) is 0 Å². The zero-order valence-corrected chi connectivity index (χ0v) is 11.0. The molecule has 1 aromatic rings. The van der Waals surface area contributed by atoms with E-state index in [0.717, 1.165) is 17.5 Å². The van der Waals surface area contributed by atoms with E-state index in [9.17, 15) is 4.79 Å². The van der Waals surface area contributed by atoms with Crippen LogP contribution in [-0.4, -0.2) is 32.1 Å². The van der Waals surface area contributed by atoms with Gasteiger partial charge in [0.2, 0.25) is 0 Å². The summed E-state index contributed by atoms with van der Waals surface area (Å²) in [4.78, 5) is 11.7. The molecule has 0 spiro atoms. The molecular formula is C14H21NO2. The smallest absolute Gasteiger partial charge is 0.176 e. The number of methoxy groups -OCH3 is 1. The summed E-state index contributed by atoms with van der Waals surface area (Å²) in [6.07, 6.45) is 0.796. The van der Waals surface area contributed by atoms with Crippen LogP contribution in [-0.2, 0) is 11.2 Å². The fourth-order valence-corrected chi connectivity index (χ4v) is 1.68. The van der Waals surface area contributed by atoms with Crippen LogP contribution < -0.4 is 5.32 Å². The third-order valence-electron chi connectivity index (χ3n) is 2.77. The van der Waals surface area contributed by atoms with Gasteiger partial charge in [-0.25, -0.2) is 0 Å². The Hall–Kier alpha value is -1.19. The molecule has 94 valence electrons. The van der Waals surface area contributed by atoms with Gasteiger partial charge in [-0.1, -0.05) is 18.2 Å². The first-order valence-corrected chi connectivity index (χ1v) is 5.80. The Morgan fingerprint density at radius 3 is 2.71 bits per heavy atom. The Kier molecular flexibility index (Phi) is 4.85. The molecule has 17 heavy (non-hydrogen) atoms. The van der Waals surface area contributed by atoms with Crippen LogP contribution in [0.4, 0.5) is 0 Å². The lowest BCUT2D eigenvalue weighted by Gasteiger charge is -2.23. The van der Waals surface area contributed by atoms with Crippen LogP contribution in [0.1, 0.15) is 29.8 Å². The Labute approximate surface area is 103 Å². The maximum atomic E-state index is 11.7. The third-order valence-corrected chi connectivity index (χ3v) is 2.77. The van der Waals surface area contributed by atoms with Crippen LogP contribution >= 0.6 is 0 Å². The molecular weight excluding hydrogens is 214 g/mol. The van der Waals surface area contributed by atoms with Crippen LogP contribution in [0.5, 0.6) is 0 Å². The summed E-state index contributed by atoms with van der Waals surface area (Å²) in [5.41, 5.74) is 1.67. The number of carbonyl (C=O) groups is 1. The highest BCUT2D eigenvalue weighted by Crippen LogP contribution is 2.17. The van der Waals surface area contributed by atoms with E-state index in [1.807, 2.05) is 38.1 Å². The van der Waals surface area contributed by atoms with Crippen LogP contribution in [0, 0.1) is 0 Å². The molecule has 0 aromatic heterocycles. The predicted molar refractivity (Wildman–Crippen MR) is 69.5 cm³/mol. The molecule has 1 aromatic carbocycles. The Balaban J connectivity index is 2.82. The largest absolute Gasteiger partial charge is 0.378 e. The molecule has 0 aliphatic heterocycles. The topological polar surface area (TPSA) is 38.3 Å². The van der Waals surface area contributed by atoms with E-state index >= 15 is 0 Å². The summed E-state index contributed by atoms with van der Waals surface area (Å²) < 4.78 is 5.39. The first-order valence-electron chi connectivity index (χ1n) is 5.80. The second kappa shape index (κ2) is 5.94. The van der Waals surface area contributed by atoms with E-state index < -0.39 is 0 Å². The SMILES string of the molecule is CNCC(=O)c1cccc(CC(C)(C)OC)c1. The molecule has 0 fully saturated rings. The second-order valence-corrected chi connectivity index (χ2v) is 4.79. The standard InChI is InChI=1S/C14H21NO2/c1-14(2,17-4)9-11-6-5-7-12(8-11)13(16)10-15-3/h5-8,15H,9-10H2,1-4H3. The summed E-state index contributed by atoms with van der Waals surface area (Å²) in [6, 6.07) is 7.74. The maximum absolute atomic E-state index is 11.7. The molecule has 1 rings (SSSR count). The molecule has 0 bridgehead atoms. The molecule has 0 amide bonds. The van der Waals surface area contributed by atoms with Crippen molar-refractivity contribution in [1.29, 1.82) is 0 Å². The van der Waals surface area contributed by atoms with Crippen molar-refractivity contribution >= 4 is 5.78 Å². The fraction of sp³-hybridized carbons (Fsp3) is 0.500. The molecule has 0 aliphatic rings. The van der Waals surface area contributed by atoms with Gasteiger partial charge in [-0.2, -0.15) is 0 Å². The van der Waals surface area contributed by atoms with Gasteiger partial charge in [-0.05, 0) is 32.5 Å². The summed E-state index contributed by atoms with van der Waals surface area (Å²) in [7, 11) is 3.48. The highest BCUT2D eigenvalue weighted by Gasteiger charge is 2.17. The molecule has 1 N–H and O–H groups in total. The quantitative estimate of drug-likeness (QED) is 0.767. The number of likely N-dealkylation sites (N-methyl/N-ethyl adjacent to an activating group) is 1. The summed E-state index contributed by atoms with van der Waals surface area (Å²) in [5.74, 6) is 0.115. The van der Waals surface area contributed by atoms with Gasteiger partial charge in [0.15, 0.2) is 5.78 Å². The van der Waals surface area contributed by atoms with E-state index in [2.05, 4.69) is 5.32 Å². The zero-order valence-electron chi connectivity index (χ0n) is 11.0. The summed E-state index contributed by atoms with van der Waals surface area (Å²) >= 11 is 0. The lowest BCUT2D eigenvalue weighted by Crippen LogP contribution is -2.25. The zero-order chi connectivity index (χ0) is 12.9. The van der Waals surface area contributed by atoms with Gasteiger partial charge in [0.05, 0.1) is 12.1 Å². The average Bonchev–Trinajstić information content (AvgIpc) is 2.29. The van der Waals surface area contributed by atoms with E-state index in [-0.39, 0.29) is 11.4 Å². The molecule has 3 heteroatoms. The van der Waals surface area contributed by atoms with Gasteiger partial charge in [0, 0.05) is 19.1 Å². The van der Waals surface area contributed by atoms with Gasteiger partial charge in [-0.3, -0.25) is 4.79 Å². The molecule has 0 heterocycles. The predicted octanol–water partition coefficient (Wildman–Crippen LogP) is 2.06. The lowest BCUT2D eigenvalue weighted by atomic mass is 9.96. The van der Waals surface area contributed by atoms with Crippen LogP contribution in [0.25, 0.3) is 0 Å². The van der Waals surface area contributed by atoms with Crippen molar-refractivity contribution in [3.8, 4) is 0 Å². The highest BCUT2D eigenvalue weighted by atomic mass is 16.5. The number of rotatable bonds is 6. The van der Waals surface area contributed by atoms with Crippen molar-refractivity contribution in [2.75, 3.05) is 20.7 Å². The van der Waals surface area contributed by atoms with Gasteiger partial charge in [-0.15, -0.1) is 0 Å². The molecule has 0 atom stereocenters. The molecule has 3 nitrogen and oxygen atoms in total. The highest BCUT2D eigenvalue weighted by molar-refractivity contribution is 5.97. The minimum absolute atomic E-state index is 0.115. The van der Waals surface area contributed by atoms with E-state index in [1.165, 1.54) is 0 Å². The van der Waals surface area contributed by atoms with E-state index in [1.54, 1.807) is 14.2 Å². The van der Waals surface area contributed by atoms with Crippen molar-refractivity contribution in [3.05, 3.63) is 35.4 Å². The fourth-order valence-electron chi connectivity index (χ4n) is 1.68. The number of ketones is 1. The van der Waals surface area contributed by atoms with Crippen LogP contribution in [0.3, 0.4) is 0 Å². The van der Waals surface area contributed by atoms with Gasteiger partial charge >= 0.3 is 0 Å². The number of hydrogen-bond acceptors (Lipinski definition) is 3. The molecule has 0 saturated heterocycles. The van der Waals surface area contributed by atoms with Gasteiger partial charge in [0.1, 0.15) is 0 Å². The Bertz CT molecular complexity index is 386. The van der Waals surface area contributed by atoms with Crippen molar-refractivity contribution in [1.82, 2.24) is 5.32 Å². The molecule has 0 aliphatic carbocycles.